The van der Waals surface area contributed by atoms with E-state index in [-0.39, 0.29) is 17.6 Å². The molecule has 0 heterocycles. The van der Waals surface area contributed by atoms with Crippen molar-refractivity contribution < 1.29 is 9.13 Å². The molecule has 100 valence electrons. The van der Waals surface area contributed by atoms with Crippen molar-refractivity contribution in [3.8, 4) is 11.5 Å². The molecule has 0 radical (unpaired) electrons. The van der Waals surface area contributed by atoms with Gasteiger partial charge < -0.3 is 10.5 Å². The fourth-order valence-electron chi connectivity index (χ4n) is 1.86. The summed E-state index contributed by atoms with van der Waals surface area (Å²) in [6.07, 6.45) is 0.849. The van der Waals surface area contributed by atoms with Gasteiger partial charge in [-0.2, -0.15) is 0 Å². The zero-order valence-electron chi connectivity index (χ0n) is 11.2. The predicted molar refractivity (Wildman–Crippen MR) is 74.9 cm³/mol. The smallest absolute Gasteiger partial charge is 0.165 e. The number of ether oxygens (including phenoxy) is 1. The minimum absolute atomic E-state index is 0.0223. The Morgan fingerprint density at radius 1 is 1.21 bits per heavy atom. The van der Waals surface area contributed by atoms with E-state index in [4.69, 9.17) is 10.5 Å². The molecule has 1 atom stereocenters. The molecule has 2 rings (SSSR count). The molecule has 0 aliphatic rings. The standard InChI is InChI=1S/C16H18FNO/c1-3-15(18)12-5-4-6-13(10-12)19-16-9-11(2)7-8-14(16)17/h4-10,15H,3,18H2,1-2H3. The molecule has 0 fully saturated rings. The molecule has 0 saturated carbocycles. The number of nitrogens with two attached hydrogens (primary N) is 1. The number of hydrogen-bond acceptors (Lipinski definition) is 2. The van der Waals surface area contributed by atoms with E-state index in [9.17, 15) is 4.39 Å². The largest absolute Gasteiger partial charge is 0.454 e. The Kier molecular flexibility index (Phi) is 4.17. The first-order valence-electron chi connectivity index (χ1n) is 6.39. The van der Waals surface area contributed by atoms with E-state index in [1.165, 1.54) is 6.07 Å². The summed E-state index contributed by atoms with van der Waals surface area (Å²) in [5.74, 6) is 0.476. The number of rotatable bonds is 4. The number of aryl methyl sites for hydroxylation is 1. The van der Waals surface area contributed by atoms with Gasteiger partial charge in [-0.05, 0) is 48.7 Å². The van der Waals surface area contributed by atoms with Crippen LogP contribution in [0.1, 0.15) is 30.5 Å². The third-order valence-corrected chi connectivity index (χ3v) is 3.04. The summed E-state index contributed by atoms with van der Waals surface area (Å²) in [5, 5.41) is 0. The Balaban J connectivity index is 2.26. The SMILES string of the molecule is CCC(N)c1cccc(Oc2cc(C)ccc2F)c1. The molecular formula is C16H18FNO. The molecule has 0 saturated heterocycles. The molecule has 0 aliphatic heterocycles. The molecule has 3 heteroatoms. The van der Waals surface area contributed by atoms with E-state index in [0.29, 0.717) is 5.75 Å². The van der Waals surface area contributed by atoms with Crippen LogP contribution in [0.2, 0.25) is 0 Å². The van der Waals surface area contributed by atoms with E-state index < -0.39 is 0 Å². The highest BCUT2D eigenvalue weighted by Gasteiger charge is 2.08. The van der Waals surface area contributed by atoms with E-state index in [1.54, 1.807) is 18.2 Å². The summed E-state index contributed by atoms with van der Waals surface area (Å²) in [5.41, 5.74) is 7.93. The maximum absolute atomic E-state index is 13.6. The van der Waals surface area contributed by atoms with Gasteiger partial charge in [0.1, 0.15) is 5.75 Å². The summed E-state index contributed by atoms with van der Waals surface area (Å²) in [6, 6.07) is 12.3. The Morgan fingerprint density at radius 2 is 2.00 bits per heavy atom. The lowest BCUT2D eigenvalue weighted by atomic mass is 10.1. The lowest BCUT2D eigenvalue weighted by Crippen LogP contribution is -2.08. The van der Waals surface area contributed by atoms with Crippen LogP contribution in [0.25, 0.3) is 0 Å². The number of hydrogen-bond donors (Lipinski definition) is 1. The molecule has 0 bridgehead atoms. The second-order valence-electron chi connectivity index (χ2n) is 4.62. The normalized spacial score (nSPS) is 12.2. The summed E-state index contributed by atoms with van der Waals surface area (Å²) in [6.45, 7) is 3.92. The van der Waals surface area contributed by atoms with Gasteiger partial charge in [-0.1, -0.05) is 25.1 Å². The van der Waals surface area contributed by atoms with Crippen LogP contribution in [0.15, 0.2) is 42.5 Å². The lowest BCUT2D eigenvalue weighted by Gasteiger charge is -2.12. The summed E-state index contributed by atoms with van der Waals surface area (Å²) < 4.78 is 19.2. The van der Waals surface area contributed by atoms with Crippen LogP contribution < -0.4 is 10.5 Å². The minimum Gasteiger partial charge on any atom is -0.454 e. The summed E-state index contributed by atoms with van der Waals surface area (Å²) in [4.78, 5) is 0. The second-order valence-corrected chi connectivity index (χ2v) is 4.62. The lowest BCUT2D eigenvalue weighted by molar-refractivity contribution is 0.441. The highest BCUT2D eigenvalue weighted by atomic mass is 19.1. The van der Waals surface area contributed by atoms with Crippen LogP contribution in [0, 0.1) is 12.7 Å². The number of benzene rings is 2. The predicted octanol–water partition coefficient (Wildman–Crippen LogP) is 4.34. The molecule has 0 amide bonds. The van der Waals surface area contributed by atoms with Crippen LogP contribution in [0.4, 0.5) is 4.39 Å². The average molecular weight is 259 g/mol. The molecule has 2 aromatic carbocycles. The number of halogens is 1. The first-order chi connectivity index (χ1) is 9.10. The first-order valence-corrected chi connectivity index (χ1v) is 6.39. The molecule has 2 N–H and O–H groups in total. The fraction of sp³-hybridized carbons (Fsp3) is 0.250. The van der Waals surface area contributed by atoms with Gasteiger partial charge in [-0.3, -0.25) is 0 Å². The Labute approximate surface area is 113 Å². The molecule has 0 aliphatic carbocycles. The van der Waals surface area contributed by atoms with Gasteiger partial charge in [0.2, 0.25) is 0 Å². The van der Waals surface area contributed by atoms with Gasteiger partial charge in [0.15, 0.2) is 11.6 Å². The van der Waals surface area contributed by atoms with Gasteiger partial charge in [-0.15, -0.1) is 0 Å². The average Bonchev–Trinajstić information content (AvgIpc) is 2.42. The van der Waals surface area contributed by atoms with Crippen molar-refractivity contribution >= 4 is 0 Å². The Morgan fingerprint density at radius 3 is 2.74 bits per heavy atom. The van der Waals surface area contributed by atoms with Crippen LogP contribution >= 0.6 is 0 Å². The van der Waals surface area contributed by atoms with E-state index in [2.05, 4.69) is 0 Å². The van der Waals surface area contributed by atoms with Crippen LogP contribution in [0.5, 0.6) is 11.5 Å². The van der Waals surface area contributed by atoms with Gasteiger partial charge in [-0.25, -0.2) is 4.39 Å². The van der Waals surface area contributed by atoms with Crippen molar-refractivity contribution in [1.29, 1.82) is 0 Å². The van der Waals surface area contributed by atoms with Crippen LogP contribution in [0.3, 0.4) is 0 Å². The second kappa shape index (κ2) is 5.85. The highest BCUT2D eigenvalue weighted by molar-refractivity contribution is 5.37. The van der Waals surface area contributed by atoms with E-state index in [1.807, 2.05) is 32.0 Å². The zero-order valence-corrected chi connectivity index (χ0v) is 11.2. The first kappa shape index (κ1) is 13.6. The highest BCUT2D eigenvalue weighted by Crippen LogP contribution is 2.27. The maximum Gasteiger partial charge on any atom is 0.165 e. The Bertz CT molecular complexity index is 568. The molecule has 1 unspecified atom stereocenters. The summed E-state index contributed by atoms with van der Waals surface area (Å²) >= 11 is 0. The van der Waals surface area contributed by atoms with E-state index in [0.717, 1.165) is 17.5 Å². The van der Waals surface area contributed by atoms with Crippen LogP contribution in [-0.4, -0.2) is 0 Å². The molecule has 2 aromatic rings. The molecule has 2 nitrogen and oxygen atoms in total. The third-order valence-electron chi connectivity index (χ3n) is 3.04. The molecule has 0 spiro atoms. The molecule has 0 aromatic heterocycles. The maximum atomic E-state index is 13.6. The quantitative estimate of drug-likeness (QED) is 0.886. The third kappa shape index (κ3) is 3.32. The topological polar surface area (TPSA) is 35.2 Å². The van der Waals surface area contributed by atoms with Gasteiger partial charge in [0.25, 0.3) is 0 Å². The van der Waals surface area contributed by atoms with Crippen molar-refractivity contribution in [1.82, 2.24) is 0 Å². The monoisotopic (exact) mass is 259 g/mol. The van der Waals surface area contributed by atoms with E-state index >= 15 is 0 Å². The van der Waals surface area contributed by atoms with Crippen molar-refractivity contribution in [2.75, 3.05) is 0 Å². The van der Waals surface area contributed by atoms with Gasteiger partial charge >= 0.3 is 0 Å². The van der Waals surface area contributed by atoms with Gasteiger partial charge in [0.05, 0.1) is 0 Å². The van der Waals surface area contributed by atoms with Crippen molar-refractivity contribution in [2.24, 2.45) is 5.73 Å². The Hall–Kier alpha value is -1.87. The van der Waals surface area contributed by atoms with Crippen molar-refractivity contribution in [3.05, 3.63) is 59.4 Å². The van der Waals surface area contributed by atoms with Crippen molar-refractivity contribution in [3.63, 3.8) is 0 Å². The van der Waals surface area contributed by atoms with Crippen LogP contribution in [-0.2, 0) is 0 Å². The molecular weight excluding hydrogens is 241 g/mol. The minimum atomic E-state index is -0.365. The van der Waals surface area contributed by atoms with Gasteiger partial charge in [0, 0.05) is 6.04 Å². The zero-order chi connectivity index (χ0) is 13.8. The fourth-order valence-corrected chi connectivity index (χ4v) is 1.86. The molecule has 19 heavy (non-hydrogen) atoms. The van der Waals surface area contributed by atoms with Crippen molar-refractivity contribution in [2.45, 2.75) is 26.3 Å². The summed E-state index contributed by atoms with van der Waals surface area (Å²) in [7, 11) is 0.